The highest BCUT2D eigenvalue weighted by atomic mass is 79.9. The van der Waals surface area contributed by atoms with Gasteiger partial charge in [0, 0.05) is 19.1 Å². The van der Waals surface area contributed by atoms with E-state index in [-0.39, 0.29) is 0 Å². The molecule has 0 saturated carbocycles. The van der Waals surface area contributed by atoms with Gasteiger partial charge < -0.3 is 20.1 Å². The molecule has 2 N–H and O–H groups in total. The molecule has 106 valence electrons. The van der Waals surface area contributed by atoms with Gasteiger partial charge in [0.2, 0.25) is 0 Å². The van der Waals surface area contributed by atoms with Crippen LogP contribution in [-0.2, 0) is 11.3 Å². The summed E-state index contributed by atoms with van der Waals surface area (Å²) >= 11 is 3.50. The smallest absolute Gasteiger partial charge is 0.133 e. The fourth-order valence-electron chi connectivity index (χ4n) is 2.13. The van der Waals surface area contributed by atoms with Crippen molar-refractivity contribution in [1.82, 2.24) is 10.6 Å². The van der Waals surface area contributed by atoms with Crippen LogP contribution in [0.3, 0.4) is 0 Å². The van der Waals surface area contributed by atoms with Crippen LogP contribution in [-0.4, -0.2) is 39.5 Å². The summed E-state index contributed by atoms with van der Waals surface area (Å²) < 4.78 is 11.6. The molecule has 19 heavy (non-hydrogen) atoms. The van der Waals surface area contributed by atoms with Gasteiger partial charge >= 0.3 is 0 Å². The minimum absolute atomic E-state index is 0.490. The number of morpholine rings is 1. The van der Waals surface area contributed by atoms with E-state index in [0.29, 0.717) is 6.04 Å². The molecular weight excluding hydrogens is 308 g/mol. The van der Waals surface area contributed by atoms with Gasteiger partial charge in [0.05, 0.1) is 24.8 Å². The second-order valence-electron chi connectivity index (χ2n) is 4.66. The number of benzene rings is 1. The highest BCUT2D eigenvalue weighted by Gasteiger charge is 2.11. The van der Waals surface area contributed by atoms with Gasteiger partial charge in [-0.05, 0) is 46.6 Å². The van der Waals surface area contributed by atoms with E-state index in [4.69, 9.17) is 9.47 Å². The van der Waals surface area contributed by atoms with Gasteiger partial charge in [0.25, 0.3) is 0 Å². The van der Waals surface area contributed by atoms with Crippen LogP contribution in [0.5, 0.6) is 5.75 Å². The second-order valence-corrected chi connectivity index (χ2v) is 5.51. The Morgan fingerprint density at radius 1 is 1.53 bits per heavy atom. The van der Waals surface area contributed by atoms with Crippen LogP contribution in [0.2, 0.25) is 0 Å². The first-order valence-electron chi connectivity index (χ1n) is 6.64. The van der Waals surface area contributed by atoms with Crippen molar-refractivity contribution in [1.29, 1.82) is 0 Å². The van der Waals surface area contributed by atoms with Crippen molar-refractivity contribution in [3.8, 4) is 5.75 Å². The van der Waals surface area contributed by atoms with Crippen LogP contribution in [0.25, 0.3) is 0 Å². The van der Waals surface area contributed by atoms with Crippen molar-refractivity contribution in [3.05, 3.63) is 28.2 Å². The average molecular weight is 329 g/mol. The Balaban J connectivity index is 1.69. The summed E-state index contributed by atoms with van der Waals surface area (Å²) in [7, 11) is 1.68. The lowest BCUT2D eigenvalue weighted by atomic mass is 10.2. The summed E-state index contributed by atoms with van der Waals surface area (Å²) in [4.78, 5) is 0. The largest absolute Gasteiger partial charge is 0.496 e. The summed E-state index contributed by atoms with van der Waals surface area (Å²) in [5, 5.41) is 6.91. The molecule has 0 aliphatic carbocycles. The first kappa shape index (κ1) is 14.8. The monoisotopic (exact) mass is 328 g/mol. The van der Waals surface area contributed by atoms with Crippen LogP contribution < -0.4 is 15.4 Å². The molecule has 1 fully saturated rings. The number of methoxy groups -OCH3 is 1. The lowest BCUT2D eigenvalue weighted by Gasteiger charge is -2.23. The molecule has 1 heterocycles. The minimum Gasteiger partial charge on any atom is -0.496 e. The molecule has 0 spiro atoms. The van der Waals surface area contributed by atoms with E-state index in [1.165, 1.54) is 5.56 Å². The summed E-state index contributed by atoms with van der Waals surface area (Å²) in [6.07, 6.45) is 1.09. The second kappa shape index (κ2) is 7.85. The third-order valence-corrected chi connectivity index (χ3v) is 3.83. The molecule has 2 rings (SSSR count). The van der Waals surface area contributed by atoms with Crippen LogP contribution in [0.4, 0.5) is 0 Å². The molecule has 1 aliphatic rings. The molecule has 1 aromatic rings. The Labute approximate surface area is 123 Å². The van der Waals surface area contributed by atoms with Crippen LogP contribution in [0.1, 0.15) is 12.0 Å². The van der Waals surface area contributed by atoms with Gasteiger partial charge in [-0.3, -0.25) is 0 Å². The molecule has 1 unspecified atom stereocenters. The zero-order chi connectivity index (χ0) is 13.5. The van der Waals surface area contributed by atoms with E-state index in [9.17, 15) is 0 Å². The van der Waals surface area contributed by atoms with Gasteiger partial charge in [-0.15, -0.1) is 0 Å². The van der Waals surface area contributed by atoms with Crippen molar-refractivity contribution in [3.63, 3.8) is 0 Å². The van der Waals surface area contributed by atoms with Crippen molar-refractivity contribution in [2.75, 3.05) is 33.4 Å². The van der Waals surface area contributed by atoms with Crippen molar-refractivity contribution in [2.45, 2.75) is 19.0 Å². The molecule has 0 bridgehead atoms. The highest BCUT2D eigenvalue weighted by molar-refractivity contribution is 9.10. The zero-order valence-corrected chi connectivity index (χ0v) is 12.8. The van der Waals surface area contributed by atoms with E-state index < -0.39 is 0 Å². The van der Waals surface area contributed by atoms with Gasteiger partial charge in [-0.1, -0.05) is 6.07 Å². The van der Waals surface area contributed by atoms with Crippen molar-refractivity contribution >= 4 is 15.9 Å². The number of hydrogen-bond donors (Lipinski definition) is 2. The first-order chi connectivity index (χ1) is 9.29. The Kier molecular flexibility index (Phi) is 6.10. The molecular formula is C14H21BrN2O2. The van der Waals surface area contributed by atoms with Gasteiger partial charge in [-0.25, -0.2) is 0 Å². The molecule has 0 radical (unpaired) electrons. The molecule has 0 aromatic heterocycles. The average Bonchev–Trinajstić information content (AvgIpc) is 2.45. The molecule has 1 saturated heterocycles. The molecule has 4 nitrogen and oxygen atoms in total. The van der Waals surface area contributed by atoms with E-state index in [0.717, 1.165) is 49.5 Å². The predicted octanol–water partition coefficient (Wildman–Crippen LogP) is 1.93. The number of rotatable bonds is 6. The Morgan fingerprint density at radius 2 is 2.42 bits per heavy atom. The van der Waals surface area contributed by atoms with E-state index in [1.807, 2.05) is 6.07 Å². The maximum absolute atomic E-state index is 5.43. The maximum Gasteiger partial charge on any atom is 0.133 e. The molecule has 1 aliphatic heterocycles. The molecule has 1 aromatic carbocycles. The van der Waals surface area contributed by atoms with Crippen LogP contribution in [0.15, 0.2) is 22.7 Å². The Hall–Kier alpha value is -0.620. The highest BCUT2D eigenvalue weighted by Crippen LogP contribution is 2.25. The maximum atomic E-state index is 5.43. The summed E-state index contributed by atoms with van der Waals surface area (Å²) in [5.41, 5.74) is 1.25. The fourth-order valence-corrected chi connectivity index (χ4v) is 2.72. The third-order valence-electron chi connectivity index (χ3n) is 3.21. The first-order valence-corrected chi connectivity index (χ1v) is 7.43. The zero-order valence-electron chi connectivity index (χ0n) is 11.2. The van der Waals surface area contributed by atoms with E-state index in [1.54, 1.807) is 7.11 Å². The lowest BCUT2D eigenvalue weighted by Crippen LogP contribution is -2.42. The SMILES string of the molecule is COc1ccc(CNCCC2COCCN2)cc1Br. The van der Waals surface area contributed by atoms with Crippen LogP contribution >= 0.6 is 15.9 Å². The molecule has 0 amide bonds. The standard InChI is InChI=1S/C14H21BrN2O2/c1-18-14-3-2-11(8-13(14)15)9-16-5-4-12-10-19-7-6-17-12/h2-3,8,12,16-17H,4-7,9-10H2,1H3. The minimum atomic E-state index is 0.490. The topological polar surface area (TPSA) is 42.5 Å². The normalized spacial score (nSPS) is 19.4. The summed E-state index contributed by atoms with van der Waals surface area (Å²) in [6.45, 7) is 4.50. The number of halogens is 1. The molecule has 5 heteroatoms. The van der Waals surface area contributed by atoms with Crippen LogP contribution in [0, 0.1) is 0 Å². The Morgan fingerprint density at radius 3 is 3.11 bits per heavy atom. The van der Waals surface area contributed by atoms with Crippen molar-refractivity contribution in [2.24, 2.45) is 0 Å². The van der Waals surface area contributed by atoms with Crippen molar-refractivity contribution < 1.29 is 9.47 Å². The number of hydrogen-bond acceptors (Lipinski definition) is 4. The van der Waals surface area contributed by atoms with E-state index >= 15 is 0 Å². The number of ether oxygens (including phenoxy) is 2. The fraction of sp³-hybridized carbons (Fsp3) is 0.571. The number of nitrogens with one attached hydrogen (secondary N) is 2. The molecule has 1 atom stereocenters. The quantitative estimate of drug-likeness (QED) is 0.783. The Bertz CT molecular complexity index is 395. The summed E-state index contributed by atoms with van der Waals surface area (Å²) in [6, 6.07) is 6.65. The summed E-state index contributed by atoms with van der Waals surface area (Å²) in [5.74, 6) is 0.868. The third kappa shape index (κ3) is 4.76. The predicted molar refractivity (Wildman–Crippen MR) is 79.6 cm³/mol. The van der Waals surface area contributed by atoms with E-state index in [2.05, 4.69) is 38.7 Å². The van der Waals surface area contributed by atoms with Gasteiger partial charge in [0.15, 0.2) is 0 Å². The van der Waals surface area contributed by atoms with Gasteiger partial charge in [0.1, 0.15) is 5.75 Å². The van der Waals surface area contributed by atoms with Gasteiger partial charge in [-0.2, -0.15) is 0 Å². The lowest BCUT2D eigenvalue weighted by molar-refractivity contribution is 0.0742.